The standard InChI is InChI=1S/C12H14ClN3S/c1-3-11-15-12(17-16-11)14-8(2)9-4-6-10(13)7-5-9/h4-8H,3H2,1-2H3,(H,14,15,16). The Bertz CT molecular complexity index is 481. The Hall–Kier alpha value is -1.13. The van der Waals surface area contributed by atoms with Crippen LogP contribution >= 0.6 is 23.1 Å². The monoisotopic (exact) mass is 267 g/mol. The van der Waals surface area contributed by atoms with Crippen LogP contribution in [0.1, 0.15) is 31.3 Å². The maximum absolute atomic E-state index is 5.86. The van der Waals surface area contributed by atoms with Crippen molar-refractivity contribution in [1.82, 2.24) is 9.36 Å². The molecule has 0 spiro atoms. The van der Waals surface area contributed by atoms with E-state index < -0.39 is 0 Å². The number of rotatable bonds is 4. The number of aryl methyl sites for hydroxylation is 1. The number of nitrogens with one attached hydrogen (secondary N) is 1. The van der Waals surface area contributed by atoms with Gasteiger partial charge in [0.15, 0.2) is 0 Å². The highest BCUT2D eigenvalue weighted by atomic mass is 35.5. The number of nitrogens with zero attached hydrogens (tertiary/aromatic N) is 2. The van der Waals surface area contributed by atoms with Crippen molar-refractivity contribution in [3.05, 3.63) is 40.7 Å². The van der Waals surface area contributed by atoms with Gasteiger partial charge in [0.25, 0.3) is 0 Å². The molecular weight excluding hydrogens is 254 g/mol. The molecule has 5 heteroatoms. The predicted molar refractivity (Wildman–Crippen MR) is 72.8 cm³/mol. The fourth-order valence-electron chi connectivity index (χ4n) is 1.48. The quantitative estimate of drug-likeness (QED) is 0.912. The molecule has 1 unspecified atom stereocenters. The van der Waals surface area contributed by atoms with Crippen LogP contribution in [0.4, 0.5) is 5.13 Å². The van der Waals surface area contributed by atoms with Crippen molar-refractivity contribution >= 4 is 28.3 Å². The molecule has 0 saturated heterocycles. The lowest BCUT2D eigenvalue weighted by molar-refractivity contribution is 0.876. The molecule has 2 aromatic rings. The topological polar surface area (TPSA) is 37.8 Å². The van der Waals surface area contributed by atoms with E-state index in [9.17, 15) is 0 Å². The Morgan fingerprint density at radius 1 is 1.35 bits per heavy atom. The zero-order valence-electron chi connectivity index (χ0n) is 9.77. The molecule has 1 aromatic heterocycles. The Morgan fingerprint density at radius 2 is 2.06 bits per heavy atom. The van der Waals surface area contributed by atoms with Crippen molar-refractivity contribution in [3.8, 4) is 0 Å². The van der Waals surface area contributed by atoms with E-state index in [-0.39, 0.29) is 6.04 Å². The highest BCUT2D eigenvalue weighted by molar-refractivity contribution is 7.09. The first-order chi connectivity index (χ1) is 8.19. The summed E-state index contributed by atoms with van der Waals surface area (Å²) in [6.45, 7) is 4.14. The zero-order valence-corrected chi connectivity index (χ0v) is 11.3. The molecule has 1 atom stereocenters. The summed E-state index contributed by atoms with van der Waals surface area (Å²) >= 11 is 7.26. The zero-order chi connectivity index (χ0) is 12.3. The maximum atomic E-state index is 5.86. The van der Waals surface area contributed by atoms with Crippen LogP contribution in [-0.4, -0.2) is 9.36 Å². The Kier molecular flexibility index (Phi) is 3.97. The second-order valence-corrected chi connectivity index (χ2v) is 4.98. The van der Waals surface area contributed by atoms with Gasteiger partial charge in [-0.15, -0.1) is 0 Å². The molecular formula is C12H14ClN3S. The molecule has 17 heavy (non-hydrogen) atoms. The molecule has 0 aliphatic heterocycles. The molecule has 1 aromatic carbocycles. The van der Waals surface area contributed by atoms with Crippen molar-refractivity contribution in [2.45, 2.75) is 26.3 Å². The van der Waals surface area contributed by atoms with E-state index in [1.165, 1.54) is 17.1 Å². The van der Waals surface area contributed by atoms with E-state index in [0.29, 0.717) is 0 Å². The number of anilines is 1. The minimum atomic E-state index is 0.199. The summed E-state index contributed by atoms with van der Waals surface area (Å²) in [4.78, 5) is 4.38. The van der Waals surface area contributed by atoms with Gasteiger partial charge in [-0.25, -0.2) is 4.98 Å². The molecule has 90 valence electrons. The van der Waals surface area contributed by atoms with E-state index in [1.807, 2.05) is 24.3 Å². The largest absolute Gasteiger partial charge is 0.354 e. The van der Waals surface area contributed by atoms with Crippen LogP contribution in [0, 0.1) is 0 Å². The fraction of sp³-hybridized carbons (Fsp3) is 0.333. The first-order valence-electron chi connectivity index (χ1n) is 5.53. The van der Waals surface area contributed by atoms with Crippen molar-refractivity contribution in [3.63, 3.8) is 0 Å². The third-order valence-electron chi connectivity index (χ3n) is 2.49. The van der Waals surface area contributed by atoms with Crippen molar-refractivity contribution in [2.75, 3.05) is 5.32 Å². The maximum Gasteiger partial charge on any atom is 0.203 e. The smallest absolute Gasteiger partial charge is 0.203 e. The average Bonchev–Trinajstić information content (AvgIpc) is 2.77. The first kappa shape index (κ1) is 12.3. The molecule has 0 fully saturated rings. The molecule has 0 amide bonds. The van der Waals surface area contributed by atoms with Crippen LogP contribution < -0.4 is 5.32 Å². The molecule has 2 rings (SSSR count). The van der Waals surface area contributed by atoms with Gasteiger partial charge in [0.1, 0.15) is 5.82 Å². The van der Waals surface area contributed by atoms with Crippen molar-refractivity contribution in [2.24, 2.45) is 0 Å². The number of benzene rings is 1. The third kappa shape index (κ3) is 3.17. The van der Waals surface area contributed by atoms with Crippen LogP contribution in [0.3, 0.4) is 0 Å². The highest BCUT2D eigenvalue weighted by Gasteiger charge is 2.08. The molecule has 0 aliphatic carbocycles. The van der Waals surface area contributed by atoms with Crippen LogP contribution in [0.25, 0.3) is 0 Å². The van der Waals surface area contributed by atoms with Gasteiger partial charge in [0.2, 0.25) is 5.13 Å². The summed E-state index contributed by atoms with van der Waals surface area (Å²) in [6.07, 6.45) is 0.869. The average molecular weight is 268 g/mol. The molecule has 0 saturated carbocycles. The SMILES string of the molecule is CCc1nsc(NC(C)c2ccc(Cl)cc2)n1. The van der Waals surface area contributed by atoms with E-state index in [2.05, 4.69) is 28.5 Å². The Balaban J connectivity index is 2.05. The second-order valence-electron chi connectivity index (χ2n) is 3.79. The lowest BCUT2D eigenvalue weighted by Gasteiger charge is -2.12. The Morgan fingerprint density at radius 3 is 2.65 bits per heavy atom. The Labute approximate surface area is 110 Å². The summed E-state index contributed by atoms with van der Waals surface area (Å²) in [6, 6.07) is 8.02. The fourth-order valence-corrected chi connectivity index (χ4v) is 2.34. The molecule has 0 radical (unpaired) electrons. The van der Waals surface area contributed by atoms with Crippen LogP contribution in [-0.2, 0) is 6.42 Å². The van der Waals surface area contributed by atoms with Gasteiger partial charge in [-0.2, -0.15) is 4.37 Å². The van der Waals surface area contributed by atoms with E-state index in [0.717, 1.165) is 22.4 Å². The third-order valence-corrected chi connectivity index (χ3v) is 3.43. The summed E-state index contributed by atoms with van der Waals surface area (Å²) < 4.78 is 4.24. The normalized spacial score (nSPS) is 12.4. The van der Waals surface area contributed by atoms with Gasteiger partial charge < -0.3 is 5.32 Å². The number of hydrogen-bond donors (Lipinski definition) is 1. The number of hydrogen-bond acceptors (Lipinski definition) is 4. The number of aromatic nitrogens is 2. The van der Waals surface area contributed by atoms with Gasteiger partial charge in [0, 0.05) is 23.0 Å². The van der Waals surface area contributed by atoms with Gasteiger partial charge >= 0.3 is 0 Å². The molecule has 1 N–H and O–H groups in total. The van der Waals surface area contributed by atoms with Crippen LogP contribution in [0.15, 0.2) is 24.3 Å². The lowest BCUT2D eigenvalue weighted by Crippen LogP contribution is -2.06. The summed E-state index contributed by atoms with van der Waals surface area (Å²) in [7, 11) is 0. The lowest BCUT2D eigenvalue weighted by atomic mass is 10.1. The molecule has 1 heterocycles. The second kappa shape index (κ2) is 5.47. The molecule has 0 aliphatic rings. The first-order valence-corrected chi connectivity index (χ1v) is 6.68. The summed E-state index contributed by atoms with van der Waals surface area (Å²) in [5.41, 5.74) is 1.18. The highest BCUT2D eigenvalue weighted by Crippen LogP contribution is 2.22. The van der Waals surface area contributed by atoms with Gasteiger partial charge in [-0.1, -0.05) is 30.7 Å². The van der Waals surface area contributed by atoms with Gasteiger partial charge in [-0.3, -0.25) is 0 Å². The number of halogens is 1. The van der Waals surface area contributed by atoms with E-state index in [4.69, 9.17) is 11.6 Å². The summed E-state index contributed by atoms with van der Waals surface area (Å²) in [5.74, 6) is 0.890. The van der Waals surface area contributed by atoms with Gasteiger partial charge in [-0.05, 0) is 24.6 Å². The minimum Gasteiger partial charge on any atom is -0.354 e. The molecule has 3 nitrogen and oxygen atoms in total. The van der Waals surface area contributed by atoms with Crippen LogP contribution in [0.5, 0.6) is 0 Å². The van der Waals surface area contributed by atoms with Crippen molar-refractivity contribution < 1.29 is 0 Å². The minimum absolute atomic E-state index is 0.199. The molecule has 0 bridgehead atoms. The van der Waals surface area contributed by atoms with Crippen LogP contribution in [0.2, 0.25) is 5.02 Å². The van der Waals surface area contributed by atoms with Crippen molar-refractivity contribution in [1.29, 1.82) is 0 Å². The van der Waals surface area contributed by atoms with E-state index in [1.54, 1.807) is 0 Å². The van der Waals surface area contributed by atoms with E-state index >= 15 is 0 Å². The summed E-state index contributed by atoms with van der Waals surface area (Å²) in [5, 5.41) is 4.95. The predicted octanol–water partition coefficient (Wildman–Crippen LogP) is 3.93. The van der Waals surface area contributed by atoms with Gasteiger partial charge in [0.05, 0.1) is 6.04 Å².